The Balaban J connectivity index is 2.19. The van der Waals surface area contributed by atoms with Crippen LogP contribution in [0.1, 0.15) is 46.0 Å². The fourth-order valence-corrected chi connectivity index (χ4v) is 3.23. The zero-order valence-corrected chi connectivity index (χ0v) is 17.5. The smallest absolute Gasteiger partial charge is 0.408 e. The van der Waals surface area contributed by atoms with Crippen molar-refractivity contribution in [1.29, 1.82) is 0 Å². The van der Waals surface area contributed by atoms with E-state index in [1.807, 2.05) is 6.92 Å². The topological polar surface area (TPSA) is 86.1 Å². The molecule has 2 heterocycles. The molecule has 1 N–H and O–H groups in total. The minimum atomic E-state index is -0.643. The molecule has 7 nitrogen and oxygen atoms in total. The van der Waals surface area contributed by atoms with E-state index in [1.165, 1.54) is 4.57 Å². The van der Waals surface area contributed by atoms with E-state index in [0.29, 0.717) is 33.9 Å². The summed E-state index contributed by atoms with van der Waals surface area (Å²) in [6.45, 7) is 7.25. The van der Waals surface area contributed by atoms with Crippen LogP contribution in [0, 0.1) is 0 Å². The van der Waals surface area contributed by atoms with Crippen LogP contribution in [-0.2, 0) is 4.74 Å². The number of nitrogens with one attached hydrogen (secondary N) is 1. The molecule has 1 atom stereocenters. The summed E-state index contributed by atoms with van der Waals surface area (Å²) in [5.41, 5.74) is 0.0248. The summed E-state index contributed by atoms with van der Waals surface area (Å²) in [5.74, 6) is 0.381. The van der Waals surface area contributed by atoms with E-state index < -0.39 is 17.7 Å². The van der Waals surface area contributed by atoms with Crippen molar-refractivity contribution in [2.75, 3.05) is 0 Å². The number of ether oxygens (including phenoxy) is 1. The van der Waals surface area contributed by atoms with Crippen molar-refractivity contribution in [3.05, 3.63) is 63.9 Å². The van der Waals surface area contributed by atoms with Gasteiger partial charge in [0.25, 0.3) is 5.56 Å². The Labute approximate surface area is 173 Å². The number of alkyl carbamates (subject to hydrolysis) is 1. The van der Waals surface area contributed by atoms with Crippen LogP contribution in [0.25, 0.3) is 16.6 Å². The lowest BCUT2D eigenvalue weighted by Gasteiger charge is -2.24. The zero-order chi connectivity index (χ0) is 21.2. The van der Waals surface area contributed by atoms with E-state index in [2.05, 4.69) is 15.3 Å². The van der Waals surface area contributed by atoms with Gasteiger partial charge in [0, 0.05) is 6.20 Å². The van der Waals surface area contributed by atoms with Gasteiger partial charge in [-0.25, -0.2) is 9.78 Å². The van der Waals surface area contributed by atoms with Gasteiger partial charge in [-0.05, 0) is 51.5 Å². The summed E-state index contributed by atoms with van der Waals surface area (Å²) >= 11 is 6.29. The first kappa shape index (κ1) is 20.8. The van der Waals surface area contributed by atoms with Gasteiger partial charge in [-0.3, -0.25) is 14.3 Å². The minimum Gasteiger partial charge on any atom is -0.444 e. The Morgan fingerprint density at radius 2 is 2.03 bits per heavy atom. The monoisotopic (exact) mass is 414 g/mol. The second-order valence-electron chi connectivity index (χ2n) is 7.56. The normalized spacial score (nSPS) is 12.6. The Morgan fingerprint density at radius 3 is 2.66 bits per heavy atom. The average molecular weight is 415 g/mol. The highest BCUT2D eigenvalue weighted by Gasteiger charge is 2.25. The van der Waals surface area contributed by atoms with E-state index >= 15 is 0 Å². The SMILES string of the molecule is CC[C@H](NC(=O)OC(C)(C)C)c1nc2cccc(Cl)c2c(=O)n1-c1cccnc1. The molecule has 0 aliphatic heterocycles. The quantitative estimate of drug-likeness (QED) is 0.683. The van der Waals surface area contributed by atoms with Gasteiger partial charge < -0.3 is 10.1 Å². The minimum absolute atomic E-state index is 0.314. The number of halogens is 1. The summed E-state index contributed by atoms with van der Waals surface area (Å²) in [5, 5.41) is 3.45. The molecule has 1 aromatic carbocycles. The lowest BCUT2D eigenvalue weighted by molar-refractivity contribution is 0.0499. The highest BCUT2D eigenvalue weighted by Crippen LogP contribution is 2.24. The van der Waals surface area contributed by atoms with Gasteiger partial charge in [0.05, 0.1) is 33.9 Å². The van der Waals surface area contributed by atoms with Gasteiger partial charge in [0.2, 0.25) is 0 Å². The van der Waals surface area contributed by atoms with Gasteiger partial charge in [-0.1, -0.05) is 24.6 Å². The molecule has 0 aliphatic rings. The van der Waals surface area contributed by atoms with E-state index in [9.17, 15) is 9.59 Å². The van der Waals surface area contributed by atoms with Crippen LogP contribution < -0.4 is 10.9 Å². The molecule has 152 valence electrons. The van der Waals surface area contributed by atoms with Gasteiger partial charge in [0.1, 0.15) is 11.4 Å². The molecule has 3 rings (SSSR count). The Hall–Kier alpha value is -2.93. The van der Waals surface area contributed by atoms with Crippen molar-refractivity contribution < 1.29 is 9.53 Å². The molecule has 29 heavy (non-hydrogen) atoms. The molecular weight excluding hydrogens is 392 g/mol. The fraction of sp³-hybridized carbons (Fsp3) is 0.333. The molecule has 0 saturated heterocycles. The maximum atomic E-state index is 13.4. The molecule has 0 saturated carbocycles. The van der Waals surface area contributed by atoms with Crippen LogP contribution in [0.4, 0.5) is 4.79 Å². The van der Waals surface area contributed by atoms with E-state index in [4.69, 9.17) is 16.3 Å². The largest absolute Gasteiger partial charge is 0.444 e. The Bertz CT molecular complexity index is 1090. The maximum absolute atomic E-state index is 13.4. The number of hydrogen-bond acceptors (Lipinski definition) is 5. The molecule has 0 unspecified atom stereocenters. The highest BCUT2D eigenvalue weighted by atomic mass is 35.5. The summed E-state index contributed by atoms with van der Waals surface area (Å²) in [6, 6.07) is 8.03. The first-order valence-electron chi connectivity index (χ1n) is 9.32. The first-order chi connectivity index (χ1) is 13.7. The molecule has 0 spiro atoms. The molecule has 0 bridgehead atoms. The number of aromatic nitrogens is 3. The zero-order valence-electron chi connectivity index (χ0n) is 16.8. The number of benzene rings is 1. The second kappa shape index (κ2) is 8.21. The number of fused-ring (bicyclic) bond motifs is 1. The molecule has 2 aromatic heterocycles. The van der Waals surface area contributed by atoms with E-state index in [-0.39, 0.29) is 5.56 Å². The van der Waals surface area contributed by atoms with Gasteiger partial charge in [-0.15, -0.1) is 0 Å². The predicted octanol–water partition coefficient (Wildman–Crippen LogP) is 4.41. The molecule has 0 radical (unpaired) electrons. The van der Waals surface area contributed by atoms with Crippen LogP contribution in [0.5, 0.6) is 0 Å². The third-order valence-corrected chi connectivity index (χ3v) is 4.50. The maximum Gasteiger partial charge on any atom is 0.408 e. The summed E-state index contributed by atoms with van der Waals surface area (Å²) in [6.07, 6.45) is 3.10. The number of carbonyl (C=O) groups excluding carboxylic acids is 1. The fourth-order valence-electron chi connectivity index (χ4n) is 2.98. The molecule has 0 fully saturated rings. The number of rotatable bonds is 4. The van der Waals surface area contributed by atoms with Crippen LogP contribution in [0.3, 0.4) is 0 Å². The van der Waals surface area contributed by atoms with Gasteiger partial charge >= 0.3 is 6.09 Å². The highest BCUT2D eigenvalue weighted by molar-refractivity contribution is 6.35. The Morgan fingerprint density at radius 1 is 1.28 bits per heavy atom. The number of hydrogen-bond donors (Lipinski definition) is 1. The lowest BCUT2D eigenvalue weighted by atomic mass is 10.1. The Kier molecular flexibility index (Phi) is 5.88. The van der Waals surface area contributed by atoms with Crippen LogP contribution >= 0.6 is 11.6 Å². The number of nitrogens with zero attached hydrogens (tertiary/aromatic N) is 3. The van der Waals surface area contributed by atoms with Crippen molar-refractivity contribution in [3.8, 4) is 5.69 Å². The van der Waals surface area contributed by atoms with Crippen molar-refractivity contribution in [1.82, 2.24) is 19.9 Å². The van der Waals surface area contributed by atoms with Crippen LogP contribution in [-0.4, -0.2) is 26.2 Å². The number of carbonyl (C=O) groups is 1. The molecule has 0 aliphatic carbocycles. The predicted molar refractivity (Wildman–Crippen MR) is 113 cm³/mol. The lowest BCUT2D eigenvalue weighted by Crippen LogP contribution is -2.37. The molecule has 1 amide bonds. The molecular formula is C21H23ClN4O3. The summed E-state index contributed by atoms with van der Waals surface area (Å²) in [7, 11) is 0. The van der Waals surface area contributed by atoms with Gasteiger partial charge in [0.15, 0.2) is 0 Å². The molecule has 3 aromatic rings. The number of amides is 1. The van der Waals surface area contributed by atoms with Crippen molar-refractivity contribution in [2.24, 2.45) is 0 Å². The van der Waals surface area contributed by atoms with Crippen molar-refractivity contribution in [3.63, 3.8) is 0 Å². The van der Waals surface area contributed by atoms with Crippen LogP contribution in [0.15, 0.2) is 47.5 Å². The second-order valence-corrected chi connectivity index (χ2v) is 7.97. The van der Waals surface area contributed by atoms with Crippen molar-refractivity contribution >= 4 is 28.6 Å². The standard InChI is InChI=1S/C21H23ClN4O3/c1-5-15(25-20(28)29-21(2,3)4)18-24-16-10-6-9-14(22)17(16)19(27)26(18)13-8-7-11-23-12-13/h6-12,15H,5H2,1-4H3,(H,25,28)/t15-/m0/s1. The van der Waals surface area contributed by atoms with Crippen molar-refractivity contribution in [2.45, 2.75) is 45.8 Å². The number of pyridine rings is 1. The summed E-state index contributed by atoms with van der Waals surface area (Å²) < 4.78 is 6.81. The van der Waals surface area contributed by atoms with Gasteiger partial charge in [-0.2, -0.15) is 0 Å². The average Bonchev–Trinajstić information content (AvgIpc) is 2.65. The van der Waals surface area contributed by atoms with E-state index in [0.717, 1.165) is 0 Å². The first-order valence-corrected chi connectivity index (χ1v) is 9.70. The summed E-state index contributed by atoms with van der Waals surface area (Å²) in [4.78, 5) is 34.5. The van der Waals surface area contributed by atoms with Crippen LogP contribution in [0.2, 0.25) is 5.02 Å². The third-order valence-electron chi connectivity index (χ3n) is 4.19. The third kappa shape index (κ3) is 4.56. The van der Waals surface area contributed by atoms with E-state index in [1.54, 1.807) is 63.5 Å². The molecule has 8 heteroatoms.